The third-order valence-electron chi connectivity index (χ3n) is 8.61. The molecule has 5 heterocycles. The van der Waals surface area contributed by atoms with Crippen molar-refractivity contribution in [2.75, 3.05) is 56.2 Å². The van der Waals surface area contributed by atoms with Crippen molar-refractivity contribution < 1.29 is 18.3 Å². The molecule has 1 N–H and O–H groups in total. The van der Waals surface area contributed by atoms with Crippen LogP contribution < -0.4 is 10.2 Å². The van der Waals surface area contributed by atoms with Crippen LogP contribution >= 0.6 is 0 Å². The maximum atomic E-state index is 14.1. The highest BCUT2D eigenvalue weighted by Gasteiger charge is 2.37. The molecule has 0 aliphatic carbocycles. The minimum absolute atomic E-state index is 0.0774. The minimum Gasteiger partial charge on any atom is -0.378 e. The molecule has 0 spiro atoms. The number of anilines is 2. The number of imidazole rings is 1. The van der Waals surface area contributed by atoms with Gasteiger partial charge in [0.1, 0.15) is 11.6 Å². The molecule has 6 rings (SSSR count). The lowest BCUT2D eigenvalue weighted by Crippen LogP contribution is -2.51. The molecule has 3 aliphatic rings. The summed E-state index contributed by atoms with van der Waals surface area (Å²) >= 11 is 0. The number of nitrogens with zero attached hydrogens (tertiary/aromatic N) is 6. The van der Waals surface area contributed by atoms with Gasteiger partial charge < -0.3 is 24.6 Å². The first kappa shape index (κ1) is 28.2. The second-order valence-corrected chi connectivity index (χ2v) is 12.2. The van der Waals surface area contributed by atoms with Gasteiger partial charge >= 0.3 is 0 Å². The third-order valence-corrected chi connectivity index (χ3v) is 8.61. The lowest BCUT2D eigenvalue weighted by molar-refractivity contribution is -0.127. The van der Waals surface area contributed by atoms with E-state index in [2.05, 4.69) is 40.9 Å². The Balaban J connectivity index is 1.20. The average Bonchev–Trinajstić information content (AvgIpc) is 3.36. The quantitative estimate of drug-likeness (QED) is 0.423. The van der Waals surface area contributed by atoms with Gasteiger partial charge in [-0.05, 0) is 77.6 Å². The number of piperidine rings is 1. The topological polar surface area (TPSA) is 80.6 Å². The Bertz CT molecular complexity index is 1340. The van der Waals surface area contributed by atoms with Crippen molar-refractivity contribution in [2.24, 2.45) is 5.92 Å². The number of para-hydroxylation sites is 2. The Morgan fingerprint density at radius 1 is 1.02 bits per heavy atom. The van der Waals surface area contributed by atoms with Crippen molar-refractivity contribution in [1.82, 2.24) is 24.4 Å². The van der Waals surface area contributed by atoms with Gasteiger partial charge in [-0.3, -0.25) is 4.57 Å². The van der Waals surface area contributed by atoms with Crippen LogP contribution in [0.5, 0.6) is 0 Å². The fourth-order valence-corrected chi connectivity index (χ4v) is 6.71. The Morgan fingerprint density at radius 3 is 2.49 bits per heavy atom. The highest BCUT2D eigenvalue weighted by molar-refractivity contribution is 5.78. The van der Waals surface area contributed by atoms with Crippen LogP contribution in [0.3, 0.4) is 0 Å². The van der Waals surface area contributed by atoms with Gasteiger partial charge in [0.2, 0.25) is 5.95 Å². The van der Waals surface area contributed by atoms with Crippen molar-refractivity contribution in [3.05, 3.63) is 36.2 Å². The smallest absolute Gasteiger partial charge is 0.296 e. The van der Waals surface area contributed by atoms with E-state index in [9.17, 15) is 8.78 Å². The van der Waals surface area contributed by atoms with Gasteiger partial charge in [-0.1, -0.05) is 12.1 Å². The van der Waals surface area contributed by atoms with Gasteiger partial charge in [-0.2, -0.15) is 9.97 Å². The first-order valence-electron chi connectivity index (χ1n) is 14.9. The van der Waals surface area contributed by atoms with Crippen molar-refractivity contribution >= 4 is 22.8 Å². The van der Waals surface area contributed by atoms with Gasteiger partial charge in [-0.25, -0.2) is 13.8 Å². The molecule has 1 aromatic carbocycles. The van der Waals surface area contributed by atoms with E-state index in [0.717, 1.165) is 45.3 Å². The van der Waals surface area contributed by atoms with Crippen LogP contribution in [0.1, 0.15) is 58.7 Å². The molecule has 41 heavy (non-hydrogen) atoms. The van der Waals surface area contributed by atoms with Crippen LogP contribution in [0.4, 0.5) is 20.5 Å². The zero-order chi connectivity index (χ0) is 28.6. The lowest BCUT2D eigenvalue weighted by Gasteiger charge is -2.46. The number of benzene rings is 1. The number of hydrogen-bond acceptors (Lipinski definition) is 8. The summed E-state index contributed by atoms with van der Waals surface area (Å²) < 4.78 is 41.4. The number of rotatable bonds is 7. The molecule has 2 atom stereocenters. The molecular formula is C30H41F2N7O2. The Morgan fingerprint density at radius 2 is 1.76 bits per heavy atom. The summed E-state index contributed by atoms with van der Waals surface area (Å²) in [5.74, 6) is 1.71. The fourth-order valence-electron chi connectivity index (χ4n) is 6.71. The molecule has 222 valence electrons. The minimum atomic E-state index is -2.74. The van der Waals surface area contributed by atoms with E-state index in [0.29, 0.717) is 66.9 Å². The molecule has 3 aliphatic heterocycles. The Kier molecular flexibility index (Phi) is 8.11. The number of alkyl halides is 2. The number of hydrogen-bond donors (Lipinski definition) is 1. The van der Waals surface area contributed by atoms with E-state index in [-0.39, 0.29) is 17.5 Å². The number of fused-ring (bicyclic) bond motifs is 1. The van der Waals surface area contributed by atoms with Crippen LogP contribution in [-0.4, -0.2) is 88.1 Å². The third kappa shape index (κ3) is 6.32. The van der Waals surface area contributed by atoms with Crippen LogP contribution in [0.25, 0.3) is 16.9 Å². The number of aromatic nitrogens is 4. The van der Waals surface area contributed by atoms with Gasteiger partial charge in [-0.15, -0.1) is 0 Å². The molecule has 0 radical (unpaired) electrons. The molecule has 0 bridgehead atoms. The van der Waals surface area contributed by atoms with Crippen LogP contribution in [0, 0.1) is 5.92 Å². The van der Waals surface area contributed by atoms with E-state index in [4.69, 9.17) is 19.4 Å². The fraction of sp³-hybridized carbons (Fsp3) is 0.633. The summed E-state index contributed by atoms with van der Waals surface area (Å²) in [6.07, 6.45) is 1.88. The van der Waals surface area contributed by atoms with Crippen molar-refractivity contribution in [1.29, 1.82) is 0 Å². The Hall–Kier alpha value is -2.89. The van der Waals surface area contributed by atoms with Crippen LogP contribution in [0.2, 0.25) is 0 Å². The molecule has 0 unspecified atom stereocenters. The number of nitrogens with one attached hydrogen (secondary N) is 1. The molecule has 0 saturated carbocycles. The van der Waals surface area contributed by atoms with Crippen molar-refractivity contribution in [2.45, 2.75) is 70.6 Å². The van der Waals surface area contributed by atoms with E-state index in [1.807, 2.05) is 6.07 Å². The second kappa shape index (κ2) is 11.8. The predicted octanol–water partition coefficient (Wildman–Crippen LogP) is 5.06. The predicted molar refractivity (Wildman–Crippen MR) is 155 cm³/mol. The van der Waals surface area contributed by atoms with Gasteiger partial charge in [0.25, 0.3) is 6.43 Å². The maximum Gasteiger partial charge on any atom is 0.296 e. The maximum absolute atomic E-state index is 14.1. The highest BCUT2D eigenvalue weighted by atomic mass is 19.3. The standard InChI is InChI=1S/C30H41F2N7O2/c1-20-16-22(18-30(2,3)41-20)37-10-8-21(9-11-37)19-33-29-35-25(38-12-14-40-15-13-38)17-26(36-29)39-24-7-5-4-6-23(24)34-28(39)27(31)32/h4-7,17,20-22,27H,8-16,18-19H2,1-3H3,(H,33,35,36)/t20-,22-/m1/s1. The van der Waals surface area contributed by atoms with E-state index < -0.39 is 6.43 Å². The van der Waals surface area contributed by atoms with Crippen molar-refractivity contribution in [3.8, 4) is 5.82 Å². The SMILES string of the molecule is C[C@@H]1C[C@@H](N2CCC(CNc3nc(N4CCOCC4)cc(-n4c(C(F)F)nc5ccccc54)n3)CC2)CC(C)(C)O1. The van der Waals surface area contributed by atoms with Gasteiger partial charge in [0.05, 0.1) is 36.0 Å². The first-order chi connectivity index (χ1) is 19.8. The molecule has 0 amide bonds. The summed E-state index contributed by atoms with van der Waals surface area (Å²) in [5, 5.41) is 3.47. The largest absolute Gasteiger partial charge is 0.378 e. The van der Waals surface area contributed by atoms with Crippen molar-refractivity contribution in [3.63, 3.8) is 0 Å². The van der Waals surface area contributed by atoms with Crippen LogP contribution in [-0.2, 0) is 9.47 Å². The molecule has 3 saturated heterocycles. The summed E-state index contributed by atoms with van der Waals surface area (Å²) in [6, 6.07) is 9.52. The lowest BCUT2D eigenvalue weighted by atomic mass is 9.87. The summed E-state index contributed by atoms with van der Waals surface area (Å²) in [7, 11) is 0. The molecule has 2 aromatic heterocycles. The monoisotopic (exact) mass is 569 g/mol. The molecule has 11 heteroatoms. The normalized spacial score (nSPS) is 24.3. The highest BCUT2D eigenvalue weighted by Crippen LogP contribution is 2.34. The second-order valence-electron chi connectivity index (χ2n) is 12.2. The van der Waals surface area contributed by atoms with E-state index in [1.54, 1.807) is 24.3 Å². The zero-order valence-corrected chi connectivity index (χ0v) is 24.2. The average molecular weight is 570 g/mol. The molecular weight excluding hydrogens is 528 g/mol. The number of likely N-dealkylation sites (tertiary alicyclic amines) is 1. The number of ether oxygens (including phenoxy) is 2. The molecule has 3 aromatic rings. The summed E-state index contributed by atoms with van der Waals surface area (Å²) in [4.78, 5) is 18.6. The Labute approximate surface area is 240 Å². The summed E-state index contributed by atoms with van der Waals surface area (Å²) in [6.45, 7) is 12.0. The molecule has 3 fully saturated rings. The number of morpholine rings is 1. The van der Waals surface area contributed by atoms with Gasteiger partial charge in [0.15, 0.2) is 5.82 Å². The summed E-state index contributed by atoms with van der Waals surface area (Å²) in [5.41, 5.74) is 1.03. The van der Waals surface area contributed by atoms with E-state index >= 15 is 0 Å². The zero-order valence-electron chi connectivity index (χ0n) is 24.2. The van der Waals surface area contributed by atoms with Gasteiger partial charge in [0, 0.05) is 31.7 Å². The van der Waals surface area contributed by atoms with E-state index in [1.165, 1.54) is 4.57 Å². The van der Waals surface area contributed by atoms with Crippen LogP contribution in [0.15, 0.2) is 30.3 Å². The molecule has 9 nitrogen and oxygen atoms in total. The first-order valence-corrected chi connectivity index (χ1v) is 14.9. The number of halogens is 2.